The molecule has 1 N–H and O–H groups in total. The van der Waals surface area contributed by atoms with Crippen molar-refractivity contribution >= 4 is 29.5 Å². The predicted molar refractivity (Wildman–Crippen MR) is 143 cm³/mol. The molecule has 4 unspecified atom stereocenters. The van der Waals surface area contributed by atoms with Crippen LogP contribution in [0.15, 0.2) is 25.3 Å². The number of ether oxygens (including phenoxy) is 1. The van der Waals surface area contributed by atoms with Crippen LogP contribution in [0.1, 0.15) is 60.3 Å². The van der Waals surface area contributed by atoms with Crippen LogP contribution in [0.2, 0.25) is 0 Å². The van der Waals surface area contributed by atoms with Gasteiger partial charge in [-0.05, 0) is 38.0 Å². The maximum absolute atomic E-state index is 14.5. The van der Waals surface area contributed by atoms with Crippen LogP contribution in [0, 0.1) is 23.7 Å². The Morgan fingerprint density at radius 3 is 2.56 bits per heavy atom. The van der Waals surface area contributed by atoms with E-state index in [0.29, 0.717) is 13.0 Å². The number of rotatable bonds is 13. The number of esters is 1. The third-order valence-corrected chi connectivity index (χ3v) is 10.5. The number of carbonyl (C=O) groups is 3. The summed E-state index contributed by atoms with van der Waals surface area (Å²) in [6.07, 6.45) is 6.51. The van der Waals surface area contributed by atoms with Crippen molar-refractivity contribution in [3.63, 3.8) is 0 Å². The van der Waals surface area contributed by atoms with Gasteiger partial charge in [-0.2, -0.15) is 0 Å². The van der Waals surface area contributed by atoms with E-state index in [9.17, 15) is 19.5 Å². The smallest absolute Gasteiger partial charge is 0.310 e. The normalized spacial score (nSPS) is 32.4. The number of likely N-dealkylation sites (tertiary alicyclic amines) is 1. The summed E-state index contributed by atoms with van der Waals surface area (Å²) < 4.78 is 4.85. The highest BCUT2D eigenvalue weighted by molar-refractivity contribution is 8.02. The minimum Gasteiger partial charge on any atom is -0.465 e. The van der Waals surface area contributed by atoms with Crippen LogP contribution in [0.3, 0.4) is 0 Å². The fourth-order valence-corrected chi connectivity index (χ4v) is 9.07. The van der Waals surface area contributed by atoms with E-state index in [1.807, 2.05) is 25.7 Å². The van der Waals surface area contributed by atoms with Gasteiger partial charge in [0.1, 0.15) is 6.04 Å². The molecule has 3 aliphatic rings. The van der Waals surface area contributed by atoms with Gasteiger partial charge in [0.2, 0.25) is 11.8 Å². The average Bonchev–Trinajstić information content (AvgIpc) is 3.42. The molecule has 0 radical (unpaired) electrons. The van der Waals surface area contributed by atoms with E-state index in [0.717, 1.165) is 19.3 Å². The van der Waals surface area contributed by atoms with Gasteiger partial charge in [0, 0.05) is 17.8 Å². The first kappa shape index (κ1) is 28.8. The van der Waals surface area contributed by atoms with Gasteiger partial charge in [0.05, 0.1) is 35.8 Å². The van der Waals surface area contributed by atoms with E-state index in [1.54, 1.807) is 28.8 Å². The molecule has 1 spiro atoms. The molecule has 8 heteroatoms. The lowest BCUT2D eigenvalue weighted by atomic mass is 9.66. The molecule has 3 heterocycles. The number of aliphatic hydroxyl groups excluding tert-OH is 1. The first-order valence-electron chi connectivity index (χ1n) is 13.4. The maximum Gasteiger partial charge on any atom is 0.310 e. The van der Waals surface area contributed by atoms with E-state index in [2.05, 4.69) is 27.0 Å². The first-order valence-corrected chi connectivity index (χ1v) is 14.3. The van der Waals surface area contributed by atoms with Gasteiger partial charge in [-0.1, -0.05) is 46.3 Å². The van der Waals surface area contributed by atoms with E-state index < -0.39 is 28.7 Å². The SMILES string of the molecule is C=CCCOC(=O)[C@@H]1[C@@H]2CC(C)C3(S2)C(C(=O)N(CC=C)C(C)CCC)N([C@@H](CO)C(C)C)C(=O)[C@H]13. The zero-order valence-corrected chi connectivity index (χ0v) is 23.3. The van der Waals surface area contributed by atoms with Crippen molar-refractivity contribution in [3.05, 3.63) is 25.3 Å². The highest BCUT2D eigenvalue weighted by Crippen LogP contribution is 2.69. The van der Waals surface area contributed by atoms with Crippen molar-refractivity contribution in [2.75, 3.05) is 19.8 Å². The molecule has 0 aromatic heterocycles. The highest BCUT2D eigenvalue weighted by atomic mass is 32.2. The number of fused-ring (bicyclic) bond motifs is 1. The van der Waals surface area contributed by atoms with Crippen molar-refractivity contribution in [2.45, 2.75) is 88.4 Å². The van der Waals surface area contributed by atoms with Crippen molar-refractivity contribution in [2.24, 2.45) is 23.7 Å². The first-order chi connectivity index (χ1) is 17.1. The summed E-state index contributed by atoms with van der Waals surface area (Å²) in [5.41, 5.74) is 0. The van der Waals surface area contributed by atoms with Crippen molar-refractivity contribution < 1.29 is 24.2 Å². The lowest BCUT2D eigenvalue weighted by molar-refractivity contribution is -0.155. The largest absolute Gasteiger partial charge is 0.465 e. The van der Waals surface area contributed by atoms with E-state index in [-0.39, 0.29) is 54.1 Å². The van der Waals surface area contributed by atoms with Crippen molar-refractivity contribution in [3.8, 4) is 0 Å². The second kappa shape index (κ2) is 11.7. The Kier molecular flexibility index (Phi) is 9.36. The lowest BCUT2D eigenvalue weighted by Crippen LogP contribution is -2.61. The predicted octanol–water partition coefficient (Wildman–Crippen LogP) is 3.66. The van der Waals surface area contributed by atoms with Crippen LogP contribution in [0.25, 0.3) is 0 Å². The van der Waals surface area contributed by atoms with E-state index in [4.69, 9.17) is 4.74 Å². The Labute approximate surface area is 220 Å². The van der Waals surface area contributed by atoms with Gasteiger partial charge in [0.15, 0.2) is 0 Å². The molecule has 7 nitrogen and oxygen atoms in total. The molecule has 3 rings (SSSR count). The molecule has 0 aromatic carbocycles. The minimum absolute atomic E-state index is 0.0156. The molecule has 2 bridgehead atoms. The van der Waals surface area contributed by atoms with E-state index >= 15 is 0 Å². The summed E-state index contributed by atoms with van der Waals surface area (Å²) in [5, 5.41) is 10.3. The second-order valence-corrected chi connectivity index (χ2v) is 12.5. The zero-order chi connectivity index (χ0) is 26.8. The molecule has 2 amide bonds. The molecule has 36 heavy (non-hydrogen) atoms. The van der Waals surface area contributed by atoms with Crippen LogP contribution >= 0.6 is 11.8 Å². The number of hydrogen-bond donors (Lipinski definition) is 1. The third kappa shape index (κ3) is 4.64. The molecular formula is C28H44N2O5S. The quantitative estimate of drug-likeness (QED) is 0.227. The van der Waals surface area contributed by atoms with Gasteiger partial charge in [-0.15, -0.1) is 24.9 Å². The van der Waals surface area contributed by atoms with Gasteiger partial charge >= 0.3 is 5.97 Å². The Hall–Kier alpha value is -1.80. The topological polar surface area (TPSA) is 87.2 Å². The molecule has 0 aliphatic carbocycles. The zero-order valence-electron chi connectivity index (χ0n) is 22.5. The Morgan fingerprint density at radius 1 is 1.31 bits per heavy atom. The summed E-state index contributed by atoms with van der Waals surface area (Å²) in [6.45, 7) is 18.1. The highest BCUT2D eigenvalue weighted by Gasteiger charge is 2.77. The number of carbonyl (C=O) groups excluding carboxylic acids is 3. The Balaban J connectivity index is 2.11. The number of aliphatic hydroxyl groups is 1. The Bertz CT molecular complexity index is 863. The molecule has 0 saturated carbocycles. The summed E-state index contributed by atoms with van der Waals surface area (Å²) in [6, 6.07) is -1.27. The maximum atomic E-state index is 14.5. The van der Waals surface area contributed by atoms with Crippen LogP contribution in [-0.2, 0) is 19.1 Å². The lowest BCUT2D eigenvalue weighted by Gasteiger charge is -2.43. The summed E-state index contributed by atoms with van der Waals surface area (Å²) >= 11 is 1.64. The minimum atomic E-state index is -0.746. The van der Waals surface area contributed by atoms with Crippen molar-refractivity contribution in [1.29, 1.82) is 0 Å². The molecule has 3 saturated heterocycles. The fourth-order valence-electron chi connectivity index (χ4n) is 6.68. The fraction of sp³-hybridized carbons (Fsp3) is 0.750. The molecular weight excluding hydrogens is 476 g/mol. The molecule has 0 aromatic rings. The van der Waals surface area contributed by atoms with E-state index in [1.165, 1.54) is 0 Å². The standard InChI is InChI=1S/C28H44N2O5S/c1-8-11-14-35-27(34)22-21-15-18(6)28(36-21)23(22)25(32)30(20(16-31)17(4)5)24(28)26(33)29(13-10-3)19(7)12-9-2/h8,10,17-24,31H,1,3,9,11-16H2,2,4-7H3/t18?,19?,20-,21-,22+,23-,24?,28?/m0/s1. The number of thioether (sulfide) groups is 1. The van der Waals surface area contributed by atoms with Crippen LogP contribution in [0.5, 0.6) is 0 Å². The van der Waals surface area contributed by atoms with Gasteiger partial charge in [0.25, 0.3) is 0 Å². The summed E-state index contributed by atoms with van der Waals surface area (Å²) in [4.78, 5) is 45.5. The van der Waals surface area contributed by atoms with Gasteiger partial charge < -0.3 is 19.6 Å². The molecule has 8 atom stereocenters. The van der Waals surface area contributed by atoms with Crippen molar-refractivity contribution in [1.82, 2.24) is 9.80 Å². The summed E-state index contributed by atoms with van der Waals surface area (Å²) in [7, 11) is 0. The average molecular weight is 521 g/mol. The van der Waals surface area contributed by atoms with Crippen LogP contribution in [-0.4, -0.2) is 80.6 Å². The van der Waals surface area contributed by atoms with Gasteiger partial charge in [-0.3, -0.25) is 14.4 Å². The second-order valence-electron chi connectivity index (χ2n) is 11.0. The van der Waals surface area contributed by atoms with Crippen LogP contribution < -0.4 is 0 Å². The number of nitrogens with zero attached hydrogens (tertiary/aromatic N) is 2. The third-order valence-electron chi connectivity index (χ3n) is 8.42. The Morgan fingerprint density at radius 2 is 2.00 bits per heavy atom. The summed E-state index contributed by atoms with van der Waals surface area (Å²) in [5.74, 6) is -1.88. The number of hydrogen-bond acceptors (Lipinski definition) is 6. The molecule has 3 aliphatic heterocycles. The molecule has 202 valence electrons. The monoisotopic (exact) mass is 520 g/mol. The molecule has 3 fully saturated rings. The number of amides is 2. The van der Waals surface area contributed by atoms with Gasteiger partial charge in [-0.25, -0.2) is 0 Å². The van der Waals surface area contributed by atoms with Crippen LogP contribution in [0.4, 0.5) is 0 Å².